The molecule has 3 aromatic carbocycles. The van der Waals surface area contributed by atoms with Gasteiger partial charge in [0.1, 0.15) is 17.8 Å². The van der Waals surface area contributed by atoms with Crippen molar-refractivity contribution in [2.24, 2.45) is 4.99 Å². The van der Waals surface area contributed by atoms with Crippen LogP contribution in [0.1, 0.15) is 56.6 Å². The first-order valence-corrected chi connectivity index (χ1v) is 16.3. The second-order valence-electron chi connectivity index (χ2n) is 11.9. The number of ether oxygens (including phenoxy) is 2. The quantitative estimate of drug-likeness (QED) is 0.205. The molecule has 13 heteroatoms. The summed E-state index contributed by atoms with van der Waals surface area (Å²) in [6, 6.07) is 19.1. The Kier molecular flexibility index (Phi) is 9.18. The molecule has 2 heterocycles. The minimum Gasteiger partial charge on any atom is -0.497 e. The highest BCUT2D eigenvalue weighted by molar-refractivity contribution is 8.14. The zero-order valence-electron chi connectivity index (χ0n) is 26.4. The summed E-state index contributed by atoms with van der Waals surface area (Å²) >= 11 is 1.59. The van der Waals surface area contributed by atoms with Crippen LogP contribution in [-0.2, 0) is 0 Å². The lowest BCUT2D eigenvalue weighted by molar-refractivity contribution is -0.274. The van der Waals surface area contributed by atoms with Crippen molar-refractivity contribution in [3.8, 4) is 28.6 Å². The standard InChI is InChI=1S/C34H35F3N6O3S/c1-20(2)27-14-13-26(45-4)17-30(27)43-21(3)15-16-47-33(43)40-32(44)39-29-18-28(29)22-5-7-23(8-6-22)31-38-19-42(41-31)24-9-11-25(12-10-24)46-34(35,36)37/h5-14,17,19-21,28-29H,15-16,18H2,1-4H3,(H,39,44). The van der Waals surface area contributed by atoms with Crippen LogP contribution in [0, 0.1) is 0 Å². The minimum absolute atomic E-state index is 0.0122. The van der Waals surface area contributed by atoms with Gasteiger partial charge in [-0.15, -0.1) is 18.3 Å². The van der Waals surface area contributed by atoms with Crippen molar-refractivity contribution in [2.75, 3.05) is 17.8 Å². The van der Waals surface area contributed by atoms with Crippen LogP contribution < -0.4 is 19.7 Å². The Morgan fingerprint density at radius 2 is 1.79 bits per heavy atom. The number of nitrogens with one attached hydrogen (secondary N) is 1. The average molecular weight is 665 g/mol. The number of carbonyl (C=O) groups is 1. The molecule has 0 radical (unpaired) electrons. The lowest BCUT2D eigenvalue weighted by atomic mass is 9.99. The van der Waals surface area contributed by atoms with Gasteiger partial charge in [0, 0.05) is 35.4 Å². The van der Waals surface area contributed by atoms with Gasteiger partial charge in [0.2, 0.25) is 0 Å². The van der Waals surface area contributed by atoms with Gasteiger partial charge in [-0.3, -0.25) is 0 Å². The maximum Gasteiger partial charge on any atom is 0.573 e. The molecule has 1 aliphatic carbocycles. The molecule has 1 aliphatic heterocycles. The second kappa shape index (κ2) is 13.3. The lowest BCUT2D eigenvalue weighted by Gasteiger charge is -2.37. The molecule has 3 unspecified atom stereocenters. The van der Waals surface area contributed by atoms with Gasteiger partial charge in [-0.05, 0) is 67.1 Å². The third-order valence-corrected chi connectivity index (χ3v) is 9.24. The Morgan fingerprint density at radius 3 is 2.47 bits per heavy atom. The molecule has 47 heavy (non-hydrogen) atoms. The van der Waals surface area contributed by atoms with Crippen molar-refractivity contribution >= 4 is 28.6 Å². The number of hydrogen-bond donors (Lipinski definition) is 1. The summed E-state index contributed by atoms with van der Waals surface area (Å²) in [5.41, 5.74) is 4.62. The number of benzene rings is 3. The highest BCUT2D eigenvalue weighted by Gasteiger charge is 2.40. The average Bonchev–Trinajstić information content (AvgIpc) is 3.61. The SMILES string of the molecule is COc1ccc(C(C)C)c(N2C(=NC(=O)NC3CC3c3ccc(-c4ncn(-c5ccc(OC(F)(F)F)cc5)n4)cc3)SCCC2C)c1. The van der Waals surface area contributed by atoms with Crippen LogP contribution >= 0.6 is 11.8 Å². The molecule has 246 valence electrons. The molecule has 6 rings (SSSR count). The van der Waals surface area contributed by atoms with Crippen molar-refractivity contribution in [1.82, 2.24) is 20.1 Å². The predicted molar refractivity (Wildman–Crippen MR) is 177 cm³/mol. The molecule has 4 aromatic rings. The summed E-state index contributed by atoms with van der Waals surface area (Å²) < 4.78 is 48.3. The number of hydrogen-bond acceptors (Lipinski definition) is 6. The monoisotopic (exact) mass is 664 g/mol. The van der Waals surface area contributed by atoms with E-state index in [-0.39, 0.29) is 35.7 Å². The number of amidine groups is 1. The molecule has 1 aromatic heterocycles. The fraction of sp³-hybridized carbons (Fsp3) is 0.353. The van der Waals surface area contributed by atoms with Crippen molar-refractivity contribution in [2.45, 2.75) is 63.9 Å². The van der Waals surface area contributed by atoms with Gasteiger partial charge in [0.25, 0.3) is 0 Å². The van der Waals surface area contributed by atoms with Crippen LogP contribution in [0.2, 0.25) is 0 Å². The van der Waals surface area contributed by atoms with Gasteiger partial charge >= 0.3 is 12.4 Å². The number of amides is 2. The first-order valence-electron chi connectivity index (χ1n) is 15.4. The number of carbonyl (C=O) groups excluding carboxylic acids is 1. The number of anilines is 1. The van der Waals surface area contributed by atoms with Gasteiger partial charge in [0.15, 0.2) is 11.0 Å². The van der Waals surface area contributed by atoms with Crippen molar-refractivity contribution < 1.29 is 27.4 Å². The zero-order chi connectivity index (χ0) is 33.3. The minimum atomic E-state index is -4.75. The van der Waals surface area contributed by atoms with Crippen LogP contribution in [0.15, 0.2) is 78.0 Å². The predicted octanol–water partition coefficient (Wildman–Crippen LogP) is 7.92. The van der Waals surface area contributed by atoms with Gasteiger partial charge in [-0.25, -0.2) is 14.5 Å². The van der Waals surface area contributed by atoms with E-state index >= 15 is 0 Å². The highest BCUT2D eigenvalue weighted by Crippen LogP contribution is 2.42. The van der Waals surface area contributed by atoms with E-state index in [1.54, 1.807) is 18.9 Å². The van der Waals surface area contributed by atoms with Gasteiger partial charge in [-0.1, -0.05) is 55.9 Å². The number of aromatic nitrogens is 3. The Morgan fingerprint density at radius 1 is 1.06 bits per heavy atom. The van der Waals surface area contributed by atoms with Crippen LogP contribution in [0.3, 0.4) is 0 Å². The molecule has 1 N–H and O–H groups in total. The van der Waals surface area contributed by atoms with E-state index in [1.807, 2.05) is 36.4 Å². The van der Waals surface area contributed by atoms with Gasteiger partial charge in [0.05, 0.1) is 18.5 Å². The molecular weight excluding hydrogens is 629 g/mol. The number of rotatable bonds is 8. The largest absolute Gasteiger partial charge is 0.573 e. The fourth-order valence-electron chi connectivity index (χ4n) is 5.68. The summed E-state index contributed by atoms with van der Waals surface area (Å²) in [5, 5.41) is 8.25. The second-order valence-corrected chi connectivity index (χ2v) is 13.0. The molecule has 2 aliphatic rings. The summed E-state index contributed by atoms with van der Waals surface area (Å²) in [4.78, 5) is 24.2. The van der Waals surface area contributed by atoms with Crippen molar-refractivity contribution in [1.29, 1.82) is 0 Å². The van der Waals surface area contributed by atoms with E-state index < -0.39 is 6.36 Å². The molecular formula is C34H35F3N6O3S. The summed E-state index contributed by atoms with van der Waals surface area (Å²) in [7, 11) is 1.65. The first-order chi connectivity index (χ1) is 22.5. The van der Waals surface area contributed by atoms with Crippen LogP contribution in [0.5, 0.6) is 11.5 Å². The molecule has 2 fully saturated rings. The van der Waals surface area contributed by atoms with E-state index in [0.717, 1.165) is 41.2 Å². The molecule has 1 saturated carbocycles. The Balaban J connectivity index is 1.10. The molecule has 0 spiro atoms. The number of methoxy groups -OCH3 is 1. The maximum atomic E-state index is 13.2. The Hall–Kier alpha value is -4.52. The highest BCUT2D eigenvalue weighted by atomic mass is 32.2. The van der Waals surface area contributed by atoms with E-state index in [9.17, 15) is 18.0 Å². The number of alkyl halides is 3. The van der Waals surface area contributed by atoms with E-state index in [2.05, 4.69) is 56.9 Å². The van der Waals surface area contributed by atoms with Gasteiger partial charge < -0.3 is 19.7 Å². The zero-order valence-corrected chi connectivity index (χ0v) is 27.2. The Labute approximate surface area is 275 Å². The van der Waals surface area contributed by atoms with Crippen LogP contribution in [0.25, 0.3) is 17.1 Å². The third kappa shape index (κ3) is 7.56. The van der Waals surface area contributed by atoms with Crippen LogP contribution in [0.4, 0.5) is 23.7 Å². The fourth-order valence-corrected chi connectivity index (χ4v) is 6.89. The Bertz CT molecular complexity index is 1760. The number of urea groups is 1. The normalized spacial score (nSPS) is 20.4. The van der Waals surface area contributed by atoms with Gasteiger partial charge in [-0.2, -0.15) is 4.99 Å². The maximum absolute atomic E-state index is 13.2. The number of halogens is 3. The van der Waals surface area contributed by atoms with E-state index in [4.69, 9.17) is 4.74 Å². The topological polar surface area (TPSA) is 93.9 Å². The number of thioether (sulfide) groups is 1. The lowest BCUT2D eigenvalue weighted by Crippen LogP contribution is -2.43. The molecule has 0 bridgehead atoms. The molecule has 1 saturated heterocycles. The first kappa shape index (κ1) is 32.4. The summed E-state index contributed by atoms with van der Waals surface area (Å²) in [6.45, 7) is 6.47. The molecule has 3 atom stereocenters. The smallest absolute Gasteiger partial charge is 0.497 e. The van der Waals surface area contributed by atoms with Crippen molar-refractivity contribution in [3.05, 3.63) is 84.2 Å². The van der Waals surface area contributed by atoms with E-state index in [1.165, 1.54) is 40.8 Å². The van der Waals surface area contributed by atoms with Crippen molar-refractivity contribution in [3.63, 3.8) is 0 Å². The number of aliphatic imine (C=N–C) groups is 1. The summed E-state index contributed by atoms with van der Waals surface area (Å²) in [6.07, 6.45) is -1.46. The third-order valence-electron chi connectivity index (χ3n) is 8.25. The summed E-state index contributed by atoms with van der Waals surface area (Å²) in [5.74, 6) is 2.29. The number of nitrogens with zero attached hydrogens (tertiary/aromatic N) is 5. The molecule has 9 nitrogen and oxygen atoms in total. The van der Waals surface area contributed by atoms with Crippen LogP contribution in [-0.4, -0.2) is 57.3 Å². The van der Waals surface area contributed by atoms with E-state index in [0.29, 0.717) is 16.7 Å². The molecule has 2 amide bonds.